The van der Waals surface area contributed by atoms with E-state index in [1.54, 1.807) is 4.90 Å². The molecule has 2 fully saturated rings. The van der Waals surface area contributed by atoms with Crippen molar-refractivity contribution in [1.82, 2.24) is 4.90 Å². The molecule has 94 valence electrons. The lowest BCUT2D eigenvalue weighted by Crippen LogP contribution is -2.63. The number of rotatable bonds is 0. The highest BCUT2D eigenvalue weighted by molar-refractivity contribution is 5.69. The van der Waals surface area contributed by atoms with Gasteiger partial charge in [0, 0.05) is 0 Å². The predicted octanol–water partition coefficient (Wildman–Crippen LogP) is 1.54. The predicted molar refractivity (Wildman–Crippen MR) is 60.2 cm³/mol. The molecule has 17 heavy (non-hydrogen) atoms. The molecule has 2 aliphatic heterocycles. The third kappa shape index (κ3) is 2.52. The minimum absolute atomic E-state index is 0.0317. The van der Waals surface area contributed by atoms with Crippen LogP contribution in [0.1, 0.15) is 27.2 Å². The Morgan fingerprint density at radius 3 is 2.65 bits per heavy atom. The van der Waals surface area contributed by atoms with Crippen LogP contribution in [0.25, 0.3) is 0 Å². The topological polar surface area (TPSA) is 62.6 Å². The van der Waals surface area contributed by atoms with Crippen molar-refractivity contribution in [2.45, 2.75) is 38.4 Å². The molecule has 2 saturated heterocycles. The minimum atomic E-state index is -0.467. The fraction of sp³-hybridized carbons (Fsp3) is 0.833. The molecule has 0 aromatic carbocycles. The minimum Gasteiger partial charge on any atom is -0.444 e. The first-order valence-electron chi connectivity index (χ1n) is 5.85. The summed E-state index contributed by atoms with van der Waals surface area (Å²) in [6, 6.07) is 2.21. The molecule has 0 radical (unpaired) electrons. The first-order valence-corrected chi connectivity index (χ1v) is 5.85. The first-order chi connectivity index (χ1) is 7.84. The van der Waals surface area contributed by atoms with Gasteiger partial charge in [-0.15, -0.1) is 0 Å². The Morgan fingerprint density at radius 2 is 2.18 bits per heavy atom. The quantitative estimate of drug-likeness (QED) is 0.642. The number of nitrogens with zero attached hydrogens (tertiary/aromatic N) is 2. The van der Waals surface area contributed by atoms with E-state index in [1.807, 2.05) is 20.8 Å². The molecular weight excluding hydrogens is 220 g/mol. The zero-order valence-corrected chi connectivity index (χ0v) is 10.5. The number of hydrogen-bond acceptors (Lipinski definition) is 4. The van der Waals surface area contributed by atoms with Crippen molar-refractivity contribution in [1.29, 1.82) is 5.26 Å². The summed E-state index contributed by atoms with van der Waals surface area (Å²) in [4.78, 5) is 13.3. The molecule has 2 aliphatic rings. The van der Waals surface area contributed by atoms with Gasteiger partial charge in [-0.1, -0.05) is 0 Å². The van der Waals surface area contributed by atoms with Gasteiger partial charge in [0.1, 0.15) is 11.2 Å². The molecule has 0 saturated carbocycles. The summed E-state index contributed by atoms with van der Waals surface area (Å²) in [7, 11) is 0. The van der Waals surface area contributed by atoms with Gasteiger partial charge in [-0.25, -0.2) is 4.79 Å². The number of nitriles is 1. The normalized spacial score (nSPS) is 26.5. The molecule has 0 unspecified atom stereocenters. The van der Waals surface area contributed by atoms with Crippen molar-refractivity contribution in [3.05, 3.63) is 0 Å². The summed E-state index contributed by atoms with van der Waals surface area (Å²) in [6.45, 7) is 7.10. The van der Waals surface area contributed by atoms with Crippen LogP contribution in [-0.4, -0.2) is 41.9 Å². The Bertz CT molecular complexity index is 361. The third-order valence-electron chi connectivity index (χ3n) is 3.00. The summed E-state index contributed by atoms with van der Waals surface area (Å²) >= 11 is 0. The summed E-state index contributed by atoms with van der Waals surface area (Å²) < 4.78 is 10.9. The van der Waals surface area contributed by atoms with Crippen LogP contribution in [0.2, 0.25) is 0 Å². The Labute approximate surface area is 101 Å². The van der Waals surface area contributed by atoms with E-state index >= 15 is 0 Å². The van der Waals surface area contributed by atoms with Crippen LogP contribution in [0.4, 0.5) is 4.79 Å². The SMILES string of the molecule is CC(C)(C)OC(=O)N1CC2(C[C@@H](C#N)CO2)C1. The lowest BCUT2D eigenvalue weighted by Gasteiger charge is -2.46. The van der Waals surface area contributed by atoms with Gasteiger partial charge in [-0.05, 0) is 27.2 Å². The van der Waals surface area contributed by atoms with E-state index in [0.29, 0.717) is 19.7 Å². The van der Waals surface area contributed by atoms with Gasteiger partial charge < -0.3 is 14.4 Å². The van der Waals surface area contributed by atoms with Gasteiger partial charge in [0.2, 0.25) is 0 Å². The van der Waals surface area contributed by atoms with Gasteiger partial charge >= 0.3 is 6.09 Å². The van der Waals surface area contributed by atoms with Crippen LogP contribution in [0.3, 0.4) is 0 Å². The maximum absolute atomic E-state index is 11.7. The van der Waals surface area contributed by atoms with Crippen LogP contribution in [-0.2, 0) is 9.47 Å². The number of likely N-dealkylation sites (tertiary alicyclic amines) is 1. The number of ether oxygens (including phenoxy) is 2. The van der Waals surface area contributed by atoms with Crippen LogP contribution in [0, 0.1) is 17.2 Å². The lowest BCUT2D eigenvalue weighted by atomic mass is 9.88. The van der Waals surface area contributed by atoms with E-state index in [-0.39, 0.29) is 17.6 Å². The van der Waals surface area contributed by atoms with Gasteiger partial charge in [0.15, 0.2) is 0 Å². The molecule has 5 nitrogen and oxygen atoms in total. The zero-order chi connectivity index (χ0) is 12.7. The standard InChI is InChI=1S/C12H18N2O3/c1-11(2,3)17-10(15)14-7-12(8-14)4-9(5-13)6-16-12/h9H,4,6-8H2,1-3H3/t9-/m0/s1. The molecule has 0 N–H and O–H groups in total. The molecule has 1 atom stereocenters. The molecule has 0 aliphatic carbocycles. The van der Waals surface area contributed by atoms with E-state index in [1.165, 1.54) is 0 Å². The van der Waals surface area contributed by atoms with Crippen molar-refractivity contribution < 1.29 is 14.3 Å². The number of carbonyl (C=O) groups is 1. The van der Waals surface area contributed by atoms with Crippen LogP contribution >= 0.6 is 0 Å². The Morgan fingerprint density at radius 1 is 1.53 bits per heavy atom. The zero-order valence-electron chi connectivity index (χ0n) is 10.5. The fourth-order valence-corrected chi connectivity index (χ4v) is 2.25. The molecule has 2 rings (SSSR count). The van der Waals surface area contributed by atoms with Gasteiger partial charge in [0.05, 0.1) is 31.7 Å². The van der Waals surface area contributed by atoms with Gasteiger partial charge in [-0.2, -0.15) is 5.26 Å². The number of hydrogen-bond donors (Lipinski definition) is 0. The van der Waals surface area contributed by atoms with Crippen LogP contribution < -0.4 is 0 Å². The fourth-order valence-electron chi connectivity index (χ4n) is 2.25. The maximum atomic E-state index is 11.7. The van der Waals surface area contributed by atoms with Crippen LogP contribution in [0.15, 0.2) is 0 Å². The summed E-state index contributed by atoms with van der Waals surface area (Å²) in [5.41, 5.74) is -0.747. The Hall–Kier alpha value is -1.28. The van der Waals surface area contributed by atoms with Gasteiger partial charge in [-0.3, -0.25) is 0 Å². The highest BCUT2D eigenvalue weighted by Crippen LogP contribution is 2.38. The van der Waals surface area contributed by atoms with Crippen molar-refractivity contribution in [2.75, 3.05) is 19.7 Å². The summed E-state index contributed by atoms with van der Waals surface area (Å²) in [5, 5.41) is 8.81. The molecule has 1 amide bonds. The van der Waals surface area contributed by atoms with Crippen molar-refractivity contribution >= 4 is 6.09 Å². The number of carbonyl (C=O) groups excluding carboxylic acids is 1. The first kappa shape index (κ1) is 12.2. The smallest absolute Gasteiger partial charge is 0.410 e. The summed E-state index contributed by atoms with van der Waals surface area (Å²) in [6.07, 6.45) is 0.426. The molecule has 0 bridgehead atoms. The molecular formula is C12H18N2O3. The van der Waals surface area contributed by atoms with Crippen molar-refractivity contribution in [3.63, 3.8) is 0 Å². The van der Waals surface area contributed by atoms with Gasteiger partial charge in [0.25, 0.3) is 0 Å². The molecule has 0 aromatic rings. The molecule has 5 heteroatoms. The van der Waals surface area contributed by atoms with E-state index in [9.17, 15) is 4.79 Å². The highest BCUT2D eigenvalue weighted by atomic mass is 16.6. The molecule has 0 aromatic heterocycles. The molecule has 2 heterocycles. The second-order valence-corrected chi connectivity index (χ2v) is 5.86. The monoisotopic (exact) mass is 238 g/mol. The second-order valence-electron chi connectivity index (χ2n) is 5.86. The lowest BCUT2D eigenvalue weighted by molar-refractivity contribution is -0.109. The third-order valence-corrected chi connectivity index (χ3v) is 3.00. The average Bonchev–Trinajstić information content (AvgIpc) is 2.56. The van der Waals surface area contributed by atoms with E-state index in [0.717, 1.165) is 6.42 Å². The largest absolute Gasteiger partial charge is 0.444 e. The van der Waals surface area contributed by atoms with Crippen LogP contribution in [0.5, 0.6) is 0 Å². The van der Waals surface area contributed by atoms with E-state index < -0.39 is 5.60 Å². The molecule has 1 spiro atoms. The summed E-state index contributed by atoms with van der Waals surface area (Å²) in [5.74, 6) is -0.0317. The maximum Gasteiger partial charge on any atom is 0.410 e. The number of amides is 1. The average molecular weight is 238 g/mol. The van der Waals surface area contributed by atoms with Crippen molar-refractivity contribution in [3.8, 4) is 6.07 Å². The second kappa shape index (κ2) is 3.88. The Kier molecular flexibility index (Phi) is 2.78. The van der Waals surface area contributed by atoms with Crippen molar-refractivity contribution in [2.24, 2.45) is 5.92 Å². The Balaban J connectivity index is 1.83. The highest BCUT2D eigenvalue weighted by Gasteiger charge is 2.52. The van der Waals surface area contributed by atoms with E-state index in [2.05, 4.69) is 6.07 Å². The van der Waals surface area contributed by atoms with E-state index in [4.69, 9.17) is 14.7 Å².